The summed E-state index contributed by atoms with van der Waals surface area (Å²) < 4.78 is 1.85. The maximum Gasteiger partial charge on any atom is 0.109 e. The quantitative estimate of drug-likeness (QED) is 0.894. The topological polar surface area (TPSA) is 53.6 Å². The average molecular weight is 253 g/mol. The van der Waals surface area contributed by atoms with Gasteiger partial charge in [0.2, 0.25) is 0 Å². The molecule has 0 radical (unpaired) electrons. The van der Waals surface area contributed by atoms with Gasteiger partial charge in [0, 0.05) is 12.7 Å². The van der Waals surface area contributed by atoms with Gasteiger partial charge < -0.3 is 5.32 Å². The SMILES string of the molecule is CNC1(C#N)CCCC1CCn1cc(Cl)cn1. The zero-order chi connectivity index (χ0) is 12.3. The largest absolute Gasteiger partial charge is 0.302 e. The van der Waals surface area contributed by atoms with E-state index in [-0.39, 0.29) is 5.54 Å². The molecule has 1 aliphatic rings. The van der Waals surface area contributed by atoms with Crippen molar-refractivity contribution >= 4 is 11.6 Å². The summed E-state index contributed by atoms with van der Waals surface area (Å²) in [5, 5.41) is 17.4. The normalized spacial score (nSPS) is 28.2. The summed E-state index contributed by atoms with van der Waals surface area (Å²) in [6.45, 7) is 0.822. The summed E-state index contributed by atoms with van der Waals surface area (Å²) in [4.78, 5) is 0. The summed E-state index contributed by atoms with van der Waals surface area (Å²) >= 11 is 5.82. The molecular weight excluding hydrogens is 236 g/mol. The molecule has 0 saturated heterocycles. The molecule has 1 heterocycles. The number of nitrogens with one attached hydrogen (secondary N) is 1. The molecule has 92 valence electrons. The number of hydrogen-bond donors (Lipinski definition) is 1. The lowest BCUT2D eigenvalue weighted by Gasteiger charge is -2.28. The molecule has 1 aromatic heterocycles. The molecule has 0 aromatic carbocycles. The lowest BCUT2D eigenvalue weighted by molar-refractivity contribution is 0.303. The molecule has 0 amide bonds. The Kier molecular flexibility index (Phi) is 3.70. The van der Waals surface area contributed by atoms with Crippen molar-refractivity contribution in [1.29, 1.82) is 5.26 Å². The first kappa shape index (κ1) is 12.4. The van der Waals surface area contributed by atoms with Crippen LogP contribution in [0.3, 0.4) is 0 Å². The van der Waals surface area contributed by atoms with E-state index in [9.17, 15) is 5.26 Å². The molecule has 5 heteroatoms. The second-order valence-electron chi connectivity index (χ2n) is 4.63. The van der Waals surface area contributed by atoms with E-state index in [2.05, 4.69) is 16.5 Å². The lowest BCUT2D eigenvalue weighted by atomic mass is 9.86. The van der Waals surface area contributed by atoms with Gasteiger partial charge in [0.15, 0.2) is 0 Å². The molecule has 2 rings (SSSR count). The van der Waals surface area contributed by atoms with Crippen molar-refractivity contribution in [1.82, 2.24) is 15.1 Å². The fourth-order valence-corrected chi connectivity index (χ4v) is 2.91. The number of nitrogens with zero attached hydrogens (tertiary/aromatic N) is 3. The minimum Gasteiger partial charge on any atom is -0.302 e. The zero-order valence-corrected chi connectivity index (χ0v) is 10.7. The van der Waals surface area contributed by atoms with Crippen LogP contribution in [0.1, 0.15) is 25.7 Å². The molecule has 1 N–H and O–H groups in total. The number of nitriles is 1. The molecular formula is C12H17ClN4. The molecule has 1 aliphatic carbocycles. The molecule has 2 unspecified atom stereocenters. The van der Waals surface area contributed by atoms with Gasteiger partial charge in [0.1, 0.15) is 5.54 Å². The van der Waals surface area contributed by atoms with Gasteiger partial charge in [0.05, 0.1) is 17.3 Å². The Morgan fingerprint density at radius 2 is 2.59 bits per heavy atom. The van der Waals surface area contributed by atoms with E-state index in [1.165, 1.54) is 0 Å². The Morgan fingerprint density at radius 1 is 1.76 bits per heavy atom. The Balaban J connectivity index is 1.97. The maximum absolute atomic E-state index is 9.33. The van der Waals surface area contributed by atoms with Crippen LogP contribution in [0, 0.1) is 17.2 Å². The Labute approximate surface area is 107 Å². The predicted octanol–water partition coefficient (Wildman–Crippen LogP) is 2.21. The average Bonchev–Trinajstić information content (AvgIpc) is 2.93. The zero-order valence-electron chi connectivity index (χ0n) is 9.99. The maximum atomic E-state index is 9.33. The summed E-state index contributed by atoms with van der Waals surface area (Å²) in [5.41, 5.74) is -0.336. The Hall–Kier alpha value is -1.05. The second-order valence-corrected chi connectivity index (χ2v) is 5.07. The van der Waals surface area contributed by atoms with Crippen molar-refractivity contribution < 1.29 is 0 Å². The summed E-state index contributed by atoms with van der Waals surface area (Å²) in [6, 6.07) is 2.45. The van der Waals surface area contributed by atoms with Crippen molar-refractivity contribution in [2.75, 3.05) is 7.05 Å². The fraction of sp³-hybridized carbons (Fsp3) is 0.667. The van der Waals surface area contributed by atoms with Crippen molar-refractivity contribution in [2.45, 2.75) is 37.8 Å². The van der Waals surface area contributed by atoms with Gasteiger partial charge in [-0.3, -0.25) is 4.68 Å². The van der Waals surface area contributed by atoms with Gasteiger partial charge in [0.25, 0.3) is 0 Å². The highest BCUT2D eigenvalue weighted by Gasteiger charge is 2.41. The van der Waals surface area contributed by atoms with Crippen LogP contribution in [0.5, 0.6) is 0 Å². The highest BCUT2D eigenvalue weighted by molar-refractivity contribution is 6.30. The van der Waals surface area contributed by atoms with Gasteiger partial charge >= 0.3 is 0 Å². The van der Waals surface area contributed by atoms with Crippen LogP contribution in [-0.2, 0) is 6.54 Å². The second kappa shape index (κ2) is 5.07. The van der Waals surface area contributed by atoms with Crippen molar-refractivity contribution in [3.05, 3.63) is 17.4 Å². The third-order valence-electron chi connectivity index (χ3n) is 3.77. The molecule has 0 aliphatic heterocycles. The van der Waals surface area contributed by atoms with Crippen LogP contribution in [0.4, 0.5) is 0 Å². The lowest BCUT2D eigenvalue weighted by Crippen LogP contribution is -2.45. The number of hydrogen-bond acceptors (Lipinski definition) is 3. The van der Waals surface area contributed by atoms with Crippen LogP contribution in [0.25, 0.3) is 0 Å². The van der Waals surface area contributed by atoms with Crippen LogP contribution in [0.2, 0.25) is 5.02 Å². The van der Waals surface area contributed by atoms with Gasteiger partial charge in [-0.05, 0) is 32.2 Å². The summed E-state index contributed by atoms with van der Waals surface area (Å²) in [6.07, 6.45) is 7.62. The molecule has 17 heavy (non-hydrogen) atoms. The van der Waals surface area contributed by atoms with Crippen LogP contribution in [0.15, 0.2) is 12.4 Å². The van der Waals surface area contributed by atoms with Crippen molar-refractivity contribution in [3.63, 3.8) is 0 Å². The van der Waals surface area contributed by atoms with Crippen LogP contribution in [-0.4, -0.2) is 22.4 Å². The van der Waals surface area contributed by atoms with Gasteiger partial charge in [-0.15, -0.1) is 0 Å². The first-order valence-electron chi connectivity index (χ1n) is 5.98. The Morgan fingerprint density at radius 3 is 3.18 bits per heavy atom. The van der Waals surface area contributed by atoms with E-state index in [1.54, 1.807) is 6.20 Å². The van der Waals surface area contributed by atoms with Gasteiger partial charge in [-0.2, -0.15) is 10.4 Å². The molecule has 1 aromatic rings. The van der Waals surface area contributed by atoms with E-state index in [0.29, 0.717) is 10.9 Å². The van der Waals surface area contributed by atoms with E-state index >= 15 is 0 Å². The van der Waals surface area contributed by atoms with Crippen LogP contribution >= 0.6 is 11.6 Å². The van der Waals surface area contributed by atoms with E-state index in [1.807, 2.05) is 17.9 Å². The van der Waals surface area contributed by atoms with E-state index in [4.69, 9.17) is 11.6 Å². The number of rotatable bonds is 4. The predicted molar refractivity (Wildman–Crippen MR) is 66.6 cm³/mol. The molecule has 1 saturated carbocycles. The number of aromatic nitrogens is 2. The molecule has 1 fully saturated rings. The van der Waals surface area contributed by atoms with E-state index in [0.717, 1.165) is 32.2 Å². The number of halogens is 1. The Bertz CT molecular complexity index is 422. The molecule has 4 nitrogen and oxygen atoms in total. The summed E-state index contributed by atoms with van der Waals surface area (Å²) in [7, 11) is 1.88. The first-order chi connectivity index (χ1) is 8.20. The molecule has 2 atom stereocenters. The van der Waals surface area contributed by atoms with Crippen LogP contribution < -0.4 is 5.32 Å². The number of aryl methyl sites for hydroxylation is 1. The van der Waals surface area contributed by atoms with Gasteiger partial charge in [-0.25, -0.2) is 0 Å². The van der Waals surface area contributed by atoms with Crippen molar-refractivity contribution in [2.24, 2.45) is 5.92 Å². The minimum absolute atomic E-state index is 0.336. The fourth-order valence-electron chi connectivity index (χ4n) is 2.75. The molecule has 0 bridgehead atoms. The third kappa shape index (κ3) is 2.46. The third-order valence-corrected chi connectivity index (χ3v) is 3.97. The standard InChI is InChI=1S/C12H17ClN4/c1-15-12(9-14)5-2-3-10(12)4-6-17-8-11(13)7-16-17/h7-8,10,15H,2-6H2,1H3. The smallest absolute Gasteiger partial charge is 0.109 e. The monoisotopic (exact) mass is 252 g/mol. The summed E-state index contributed by atoms with van der Waals surface area (Å²) in [5.74, 6) is 0.403. The molecule has 0 spiro atoms. The highest BCUT2D eigenvalue weighted by atomic mass is 35.5. The van der Waals surface area contributed by atoms with Gasteiger partial charge in [-0.1, -0.05) is 18.0 Å². The minimum atomic E-state index is -0.336. The highest BCUT2D eigenvalue weighted by Crippen LogP contribution is 2.37. The van der Waals surface area contributed by atoms with Crippen molar-refractivity contribution in [3.8, 4) is 6.07 Å². The van der Waals surface area contributed by atoms with E-state index < -0.39 is 0 Å². The first-order valence-corrected chi connectivity index (χ1v) is 6.36.